The van der Waals surface area contributed by atoms with Crippen molar-refractivity contribution in [2.75, 3.05) is 38.2 Å². The minimum Gasteiger partial charge on any atom is -0.495 e. The minimum atomic E-state index is -0.273. The van der Waals surface area contributed by atoms with E-state index in [4.69, 9.17) is 22.1 Å². The summed E-state index contributed by atoms with van der Waals surface area (Å²) in [5.74, 6) is 1.34. The van der Waals surface area contributed by atoms with E-state index in [0.29, 0.717) is 17.3 Å². The maximum atomic E-state index is 13.6. The van der Waals surface area contributed by atoms with Crippen molar-refractivity contribution in [3.63, 3.8) is 0 Å². The number of anilines is 1. The van der Waals surface area contributed by atoms with Gasteiger partial charge in [0, 0.05) is 11.3 Å². The van der Waals surface area contributed by atoms with Crippen molar-refractivity contribution in [2.45, 2.75) is 6.67 Å². The lowest BCUT2D eigenvalue weighted by atomic mass is 10.2. The Hall–Kier alpha value is -3.49. The maximum Gasteiger partial charge on any atom is 0.207 e. The van der Waals surface area contributed by atoms with Gasteiger partial charge in [0.15, 0.2) is 12.5 Å². The zero-order chi connectivity index (χ0) is 23.5. The lowest BCUT2D eigenvalue weighted by Gasteiger charge is -2.34. The number of rotatable bonds is 6. The number of quaternary nitrogens is 1. The van der Waals surface area contributed by atoms with Crippen molar-refractivity contribution in [1.29, 1.82) is 0 Å². The SMILES string of the molecule is COc1ccccc1N1CC[NH+](Cn2nc(-c3ccc(F)cc3)n(-c3ccccc3)c2=S)CC1. The van der Waals surface area contributed by atoms with E-state index in [-0.39, 0.29) is 5.82 Å². The molecule has 0 saturated carbocycles. The summed E-state index contributed by atoms with van der Waals surface area (Å²) in [5, 5.41) is 4.88. The molecule has 1 saturated heterocycles. The Bertz CT molecular complexity index is 1310. The van der Waals surface area contributed by atoms with Gasteiger partial charge in [-0.2, -0.15) is 4.68 Å². The number of halogens is 1. The van der Waals surface area contributed by atoms with Crippen LogP contribution in [-0.4, -0.2) is 47.6 Å². The summed E-state index contributed by atoms with van der Waals surface area (Å²) in [4.78, 5) is 3.78. The number of nitrogens with one attached hydrogen (secondary N) is 1. The van der Waals surface area contributed by atoms with Crippen LogP contribution in [0.3, 0.4) is 0 Å². The predicted octanol–water partition coefficient (Wildman–Crippen LogP) is 3.58. The van der Waals surface area contributed by atoms with Gasteiger partial charge < -0.3 is 14.5 Å². The first-order valence-electron chi connectivity index (χ1n) is 11.4. The Balaban J connectivity index is 1.40. The molecule has 0 aliphatic carbocycles. The zero-order valence-corrected chi connectivity index (χ0v) is 19.8. The van der Waals surface area contributed by atoms with Gasteiger partial charge in [0.1, 0.15) is 11.6 Å². The number of ether oxygens (including phenoxy) is 1. The molecule has 0 amide bonds. The van der Waals surface area contributed by atoms with Gasteiger partial charge in [-0.3, -0.25) is 4.57 Å². The number of benzene rings is 3. The molecule has 6 nitrogen and oxygen atoms in total. The van der Waals surface area contributed by atoms with Crippen molar-refractivity contribution in [3.05, 3.63) is 89.5 Å². The molecule has 1 fully saturated rings. The molecule has 1 aromatic heterocycles. The molecule has 0 spiro atoms. The van der Waals surface area contributed by atoms with Gasteiger partial charge in [0.05, 0.1) is 39.0 Å². The summed E-state index contributed by atoms with van der Waals surface area (Å²) < 4.78 is 23.6. The first kappa shape index (κ1) is 22.3. The highest BCUT2D eigenvalue weighted by molar-refractivity contribution is 7.71. The third-order valence-electron chi connectivity index (χ3n) is 6.23. The van der Waals surface area contributed by atoms with E-state index in [9.17, 15) is 4.39 Å². The van der Waals surface area contributed by atoms with Crippen LogP contribution < -0.4 is 14.5 Å². The second-order valence-corrected chi connectivity index (χ2v) is 8.72. The van der Waals surface area contributed by atoms with Gasteiger partial charge in [0.2, 0.25) is 4.77 Å². The molecule has 2 heterocycles. The fourth-order valence-corrected chi connectivity index (χ4v) is 4.73. The molecule has 0 atom stereocenters. The molecular weight excluding hydrogens is 449 g/mol. The first-order valence-corrected chi connectivity index (χ1v) is 11.8. The molecule has 0 radical (unpaired) electrons. The Morgan fingerprint density at radius 3 is 2.32 bits per heavy atom. The first-order chi connectivity index (χ1) is 16.6. The monoisotopic (exact) mass is 476 g/mol. The molecule has 34 heavy (non-hydrogen) atoms. The van der Waals surface area contributed by atoms with E-state index >= 15 is 0 Å². The Kier molecular flexibility index (Phi) is 6.42. The van der Waals surface area contributed by atoms with Crippen LogP contribution in [0.4, 0.5) is 10.1 Å². The van der Waals surface area contributed by atoms with Crippen molar-refractivity contribution >= 4 is 17.9 Å². The standard InChI is InChI=1S/C26H26FN5OS/c1-33-24-10-6-5-9-23(24)30-17-15-29(16-18-30)19-31-26(34)32(22-7-3-2-4-8-22)25(28-31)20-11-13-21(27)14-12-20/h2-14H,15-19H2,1H3/p+1. The lowest BCUT2D eigenvalue weighted by Crippen LogP contribution is -3.14. The molecule has 1 N–H and O–H groups in total. The Labute approximate surface area is 203 Å². The molecule has 5 rings (SSSR count). The average Bonchev–Trinajstić information content (AvgIpc) is 3.21. The van der Waals surface area contributed by atoms with Crippen molar-refractivity contribution < 1.29 is 14.0 Å². The topological polar surface area (TPSA) is 39.7 Å². The smallest absolute Gasteiger partial charge is 0.207 e. The molecule has 0 bridgehead atoms. The fourth-order valence-electron chi connectivity index (χ4n) is 4.43. The van der Waals surface area contributed by atoms with Crippen molar-refractivity contribution in [3.8, 4) is 22.8 Å². The van der Waals surface area contributed by atoms with Gasteiger partial charge in [0.25, 0.3) is 0 Å². The number of hydrogen-bond acceptors (Lipinski definition) is 4. The number of para-hydroxylation sites is 3. The maximum absolute atomic E-state index is 13.6. The van der Waals surface area contributed by atoms with Gasteiger partial charge >= 0.3 is 0 Å². The summed E-state index contributed by atoms with van der Waals surface area (Å²) in [6.45, 7) is 4.45. The Morgan fingerprint density at radius 1 is 0.941 bits per heavy atom. The number of methoxy groups -OCH3 is 1. The second kappa shape index (κ2) is 9.79. The van der Waals surface area contributed by atoms with E-state index < -0.39 is 0 Å². The summed E-state index contributed by atoms with van der Waals surface area (Å²) in [6, 6.07) is 24.5. The quantitative estimate of drug-likeness (QED) is 0.432. The number of aromatic nitrogens is 3. The summed E-state index contributed by atoms with van der Waals surface area (Å²) in [5.41, 5.74) is 2.90. The summed E-state index contributed by atoms with van der Waals surface area (Å²) in [6.07, 6.45) is 0. The highest BCUT2D eigenvalue weighted by Crippen LogP contribution is 2.27. The van der Waals surface area contributed by atoms with Crippen LogP contribution in [0.1, 0.15) is 0 Å². The highest BCUT2D eigenvalue weighted by atomic mass is 32.1. The third kappa shape index (κ3) is 4.47. The van der Waals surface area contributed by atoms with Gasteiger partial charge in [-0.25, -0.2) is 4.39 Å². The summed E-state index contributed by atoms with van der Waals surface area (Å²) >= 11 is 5.87. The summed E-state index contributed by atoms with van der Waals surface area (Å²) in [7, 11) is 1.71. The van der Waals surface area contributed by atoms with Gasteiger partial charge in [-0.1, -0.05) is 30.3 Å². The molecular formula is C26H27FN5OS+. The number of hydrogen-bond donors (Lipinski definition) is 1. The zero-order valence-electron chi connectivity index (χ0n) is 19.0. The van der Waals surface area contributed by atoms with Crippen LogP contribution >= 0.6 is 12.2 Å². The normalized spacial score (nSPS) is 14.4. The van der Waals surface area contributed by atoms with Crippen LogP contribution in [0.2, 0.25) is 0 Å². The molecule has 0 unspecified atom stereocenters. The van der Waals surface area contributed by atoms with Crippen LogP contribution in [-0.2, 0) is 6.67 Å². The van der Waals surface area contributed by atoms with Crippen LogP contribution in [0.25, 0.3) is 17.1 Å². The van der Waals surface area contributed by atoms with Crippen molar-refractivity contribution in [1.82, 2.24) is 14.3 Å². The molecule has 1 aliphatic rings. The van der Waals surface area contributed by atoms with Crippen LogP contribution in [0.15, 0.2) is 78.9 Å². The van der Waals surface area contributed by atoms with E-state index in [1.165, 1.54) is 17.0 Å². The Morgan fingerprint density at radius 2 is 1.62 bits per heavy atom. The van der Waals surface area contributed by atoms with Crippen LogP contribution in [0.5, 0.6) is 5.75 Å². The third-order valence-corrected chi connectivity index (χ3v) is 6.62. The number of nitrogens with zero attached hydrogens (tertiary/aromatic N) is 4. The van der Waals surface area contributed by atoms with Crippen molar-refractivity contribution in [2.24, 2.45) is 0 Å². The van der Waals surface area contributed by atoms with E-state index in [1.807, 2.05) is 57.8 Å². The van der Waals surface area contributed by atoms with Gasteiger partial charge in [-0.15, -0.1) is 5.10 Å². The average molecular weight is 477 g/mol. The molecule has 8 heteroatoms. The molecule has 174 valence electrons. The second-order valence-electron chi connectivity index (χ2n) is 8.35. The highest BCUT2D eigenvalue weighted by Gasteiger charge is 2.24. The molecule has 3 aromatic carbocycles. The van der Waals surface area contributed by atoms with E-state index in [2.05, 4.69) is 11.0 Å². The molecule has 4 aromatic rings. The largest absolute Gasteiger partial charge is 0.495 e. The van der Waals surface area contributed by atoms with Crippen LogP contribution in [0, 0.1) is 10.6 Å². The van der Waals surface area contributed by atoms with E-state index in [0.717, 1.165) is 48.9 Å². The predicted molar refractivity (Wildman–Crippen MR) is 134 cm³/mol. The fraction of sp³-hybridized carbons (Fsp3) is 0.231. The van der Waals surface area contributed by atoms with Gasteiger partial charge in [-0.05, 0) is 60.7 Å². The number of piperazine rings is 1. The molecule has 1 aliphatic heterocycles. The van der Waals surface area contributed by atoms with E-state index in [1.54, 1.807) is 19.2 Å². The lowest BCUT2D eigenvalue weighted by molar-refractivity contribution is -0.924. The minimum absolute atomic E-state index is 0.273.